The van der Waals surface area contributed by atoms with E-state index in [4.69, 9.17) is 11.6 Å². The third-order valence-electron chi connectivity index (χ3n) is 3.06. The molecule has 0 bridgehead atoms. The minimum atomic E-state index is -4.73. The largest absolute Gasteiger partial charge is 0.573 e. The van der Waals surface area contributed by atoms with Crippen LogP contribution in [-0.4, -0.2) is 16.1 Å². The van der Waals surface area contributed by atoms with Crippen molar-refractivity contribution in [1.29, 1.82) is 0 Å². The van der Waals surface area contributed by atoms with Crippen molar-refractivity contribution in [3.63, 3.8) is 0 Å². The van der Waals surface area contributed by atoms with Crippen molar-refractivity contribution in [3.8, 4) is 5.75 Å². The van der Waals surface area contributed by atoms with Crippen molar-refractivity contribution in [2.75, 3.05) is 5.32 Å². The van der Waals surface area contributed by atoms with Crippen LogP contribution in [-0.2, 0) is 7.05 Å². The first-order valence-electron chi connectivity index (χ1n) is 6.51. The lowest BCUT2D eigenvalue weighted by Crippen LogP contribution is -2.21. The highest BCUT2D eigenvalue weighted by Crippen LogP contribution is 2.26. The normalized spacial score (nSPS) is 12.8. The van der Waals surface area contributed by atoms with Gasteiger partial charge in [0, 0.05) is 13.1 Å². The first kappa shape index (κ1) is 17.1. The molecule has 0 amide bonds. The highest BCUT2D eigenvalue weighted by Gasteiger charge is 2.31. The molecule has 0 radical (unpaired) electrons. The van der Waals surface area contributed by atoms with Gasteiger partial charge in [-0.1, -0.05) is 23.7 Å². The molecule has 0 fully saturated rings. The van der Waals surface area contributed by atoms with Gasteiger partial charge in [-0.15, -0.1) is 13.2 Å². The molecule has 2 rings (SSSR count). The summed E-state index contributed by atoms with van der Waals surface area (Å²) in [6.07, 6.45) is -3.32. The van der Waals surface area contributed by atoms with E-state index in [2.05, 4.69) is 15.2 Å². The minimum absolute atomic E-state index is 0.00799. The van der Waals surface area contributed by atoms with Gasteiger partial charge in [0.2, 0.25) is 0 Å². The zero-order valence-electron chi connectivity index (χ0n) is 12.2. The molecule has 0 saturated heterocycles. The number of anilines is 1. The standard InChI is InChI=1S/C14H13ClF3N3O2/c1-8(20-11-7-19-21(2)13(22)12(11)15)9-3-5-10(6-4-9)23-14(16,17)18/h3-8,20H,1-2H3/t8-/m0/s1. The maximum Gasteiger partial charge on any atom is 0.573 e. The van der Waals surface area contributed by atoms with Crippen LogP contribution in [0.4, 0.5) is 18.9 Å². The fourth-order valence-electron chi connectivity index (χ4n) is 1.89. The van der Waals surface area contributed by atoms with Crippen LogP contribution in [0.15, 0.2) is 35.3 Å². The summed E-state index contributed by atoms with van der Waals surface area (Å²) in [5.74, 6) is -0.304. The van der Waals surface area contributed by atoms with Gasteiger partial charge in [0.1, 0.15) is 10.8 Å². The van der Waals surface area contributed by atoms with Crippen LogP contribution < -0.4 is 15.6 Å². The van der Waals surface area contributed by atoms with E-state index in [-0.39, 0.29) is 16.8 Å². The van der Waals surface area contributed by atoms with Gasteiger partial charge in [-0.3, -0.25) is 4.79 Å². The Bertz CT molecular complexity index is 744. The van der Waals surface area contributed by atoms with E-state index >= 15 is 0 Å². The Hall–Kier alpha value is -2.22. The summed E-state index contributed by atoms with van der Waals surface area (Å²) in [6, 6.07) is 5.10. The molecule has 0 aliphatic heterocycles. The molecule has 0 aliphatic carbocycles. The molecule has 0 unspecified atom stereocenters. The van der Waals surface area contributed by atoms with E-state index in [9.17, 15) is 18.0 Å². The summed E-state index contributed by atoms with van der Waals surface area (Å²) in [4.78, 5) is 11.7. The van der Waals surface area contributed by atoms with Crippen molar-refractivity contribution < 1.29 is 17.9 Å². The number of hydrogen-bond acceptors (Lipinski definition) is 4. The second-order valence-corrected chi connectivity index (χ2v) is 5.16. The summed E-state index contributed by atoms with van der Waals surface area (Å²) < 4.78 is 41.3. The molecular formula is C14H13ClF3N3O2. The van der Waals surface area contributed by atoms with Gasteiger partial charge in [-0.05, 0) is 24.6 Å². The molecule has 1 aromatic heterocycles. The van der Waals surface area contributed by atoms with Crippen molar-refractivity contribution >= 4 is 17.3 Å². The number of hydrogen-bond donors (Lipinski definition) is 1. The number of aryl methyl sites for hydroxylation is 1. The Balaban J connectivity index is 2.14. The molecular weight excluding hydrogens is 335 g/mol. The molecule has 23 heavy (non-hydrogen) atoms. The van der Waals surface area contributed by atoms with Crippen molar-refractivity contribution in [2.45, 2.75) is 19.3 Å². The van der Waals surface area contributed by atoms with E-state index in [1.807, 2.05) is 0 Å². The van der Waals surface area contributed by atoms with Crippen molar-refractivity contribution in [2.24, 2.45) is 7.05 Å². The average molecular weight is 348 g/mol. The molecule has 0 aliphatic rings. The quantitative estimate of drug-likeness (QED) is 0.919. The molecule has 0 spiro atoms. The fraction of sp³-hybridized carbons (Fsp3) is 0.286. The Morgan fingerprint density at radius 3 is 2.48 bits per heavy atom. The van der Waals surface area contributed by atoms with E-state index in [1.165, 1.54) is 37.5 Å². The smallest absolute Gasteiger partial charge is 0.406 e. The lowest BCUT2D eigenvalue weighted by molar-refractivity contribution is -0.274. The van der Waals surface area contributed by atoms with Crippen LogP contribution in [0.5, 0.6) is 5.75 Å². The Morgan fingerprint density at radius 2 is 1.91 bits per heavy atom. The van der Waals surface area contributed by atoms with Gasteiger partial charge in [0.25, 0.3) is 5.56 Å². The number of rotatable bonds is 4. The van der Waals surface area contributed by atoms with E-state index in [0.717, 1.165) is 4.68 Å². The average Bonchev–Trinajstić information content (AvgIpc) is 2.47. The highest BCUT2D eigenvalue weighted by molar-refractivity contribution is 6.32. The van der Waals surface area contributed by atoms with Crippen LogP contribution >= 0.6 is 11.6 Å². The van der Waals surface area contributed by atoms with Crippen molar-refractivity contribution in [3.05, 3.63) is 51.4 Å². The van der Waals surface area contributed by atoms with Crippen LogP contribution in [0.1, 0.15) is 18.5 Å². The third-order valence-corrected chi connectivity index (χ3v) is 3.43. The predicted octanol–water partition coefficient (Wildman–Crippen LogP) is 3.51. The minimum Gasteiger partial charge on any atom is -0.406 e. The van der Waals surface area contributed by atoms with Crippen LogP contribution in [0.2, 0.25) is 5.02 Å². The van der Waals surface area contributed by atoms with E-state index in [1.54, 1.807) is 6.92 Å². The number of nitrogens with zero attached hydrogens (tertiary/aromatic N) is 2. The molecule has 9 heteroatoms. The molecule has 124 valence electrons. The highest BCUT2D eigenvalue weighted by atomic mass is 35.5. The van der Waals surface area contributed by atoms with Gasteiger partial charge in [0.05, 0.1) is 11.9 Å². The first-order valence-corrected chi connectivity index (χ1v) is 6.89. The first-order chi connectivity index (χ1) is 10.7. The molecule has 1 aromatic carbocycles. The monoisotopic (exact) mass is 347 g/mol. The number of ether oxygens (including phenoxy) is 1. The SMILES string of the molecule is C[C@H](Nc1cnn(C)c(=O)c1Cl)c1ccc(OC(F)(F)F)cc1. The Labute approximate surface area is 134 Å². The lowest BCUT2D eigenvalue weighted by atomic mass is 10.1. The number of alkyl halides is 3. The number of benzene rings is 1. The number of halogens is 4. The van der Waals surface area contributed by atoms with Gasteiger partial charge in [-0.25, -0.2) is 4.68 Å². The Morgan fingerprint density at radius 1 is 1.30 bits per heavy atom. The van der Waals surface area contributed by atoms with Gasteiger partial charge >= 0.3 is 6.36 Å². The second-order valence-electron chi connectivity index (χ2n) is 4.78. The molecule has 1 atom stereocenters. The second kappa shape index (κ2) is 6.49. The van der Waals surface area contributed by atoms with E-state index < -0.39 is 11.9 Å². The van der Waals surface area contributed by atoms with Crippen LogP contribution in [0.3, 0.4) is 0 Å². The zero-order valence-corrected chi connectivity index (χ0v) is 12.9. The molecule has 5 nitrogen and oxygen atoms in total. The summed E-state index contributed by atoms with van der Waals surface area (Å²) in [5, 5.41) is 6.84. The topological polar surface area (TPSA) is 56.2 Å². The Kier molecular flexibility index (Phi) is 4.84. The maximum absolute atomic E-state index is 12.1. The fourth-order valence-corrected chi connectivity index (χ4v) is 2.11. The third kappa shape index (κ3) is 4.38. The zero-order chi connectivity index (χ0) is 17.2. The summed E-state index contributed by atoms with van der Waals surface area (Å²) in [6.45, 7) is 1.77. The number of aromatic nitrogens is 2. The predicted molar refractivity (Wildman–Crippen MR) is 79.7 cm³/mol. The van der Waals surface area contributed by atoms with Gasteiger partial charge in [0.15, 0.2) is 0 Å². The molecule has 1 N–H and O–H groups in total. The van der Waals surface area contributed by atoms with Crippen LogP contribution in [0.25, 0.3) is 0 Å². The van der Waals surface area contributed by atoms with E-state index in [0.29, 0.717) is 11.3 Å². The summed E-state index contributed by atoms with van der Waals surface area (Å²) >= 11 is 5.95. The molecule has 1 heterocycles. The number of nitrogens with one attached hydrogen (secondary N) is 1. The summed E-state index contributed by atoms with van der Waals surface area (Å²) in [5.41, 5.74) is 0.590. The summed E-state index contributed by atoms with van der Waals surface area (Å²) in [7, 11) is 1.47. The van der Waals surface area contributed by atoms with Gasteiger partial charge in [-0.2, -0.15) is 5.10 Å². The molecule has 0 saturated carbocycles. The van der Waals surface area contributed by atoms with Crippen LogP contribution in [0, 0.1) is 0 Å². The molecule has 2 aromatic rings. The van der Waals surface area contributed by atoms with Gasteiger partial charge < -0.3 is 10.1 Å². The lowest BCUT2D eigenvalue weighted by Gasteiger charge is -2.17. The maximum atomic E-state index is 12.1. The van der Waals surface area contributed by atoms with Crippen molar-refractivity contribution in [1.82, 2.24) is 9.78 Å².